The number of rotatable bonds is 0. The summed E-state index contributed by atoms with van der Waals surface area (Å²) in [5.41, 5.74) is 3.72. The Kier molecular flexibility index (Phi) is 1.04. The Morgan fingerprint density at radius 1 is 1.33 bits per heavy atom. The lowest BCUT2D eigenvalue weighted by Gasteiger charge is -1.85. The van der Waals surface area contributed by atoms with E-state index in [4.69, 9.17) is 4.52 Å². The van der Waals surface area contributed by atoms with Crippen molar-refractivity contribution >= 4 is 32.5 Å². The van der Waals surface area contributed by atoms with E-state index in [-0.39, 0.29) is 0 Å². The number of nitrogens with zero attached hydrogens (tertiary/aromatic N) is 2. The van der Waals surface area contributed by atoms with Crippen molar-refractivity contribution in [3.63, 3.8) is 0 Å². The highest BCUT2D eigenvalue weighted by atomic mass is 32.1. The molecule has 12 heavy (non-hydrogen) atoms. The lowest BCUT2D eigenvalue weighted by Crippen LogP contribution is -1.69. The van der Waals surface area contributed by atoms with Crippen molar-refractivity contribution in [2.24, 2.45) is 0 Å². The molecule has 0 spiro atoms. The summed E-state index contributed by atoms with van der Waals surface area (Å²) in [6.07, 6.45) is 1.65. The summed E-state index contributed by atoms with van der Waals surface area (Å²) >= 11 is 1.59. The van der Waals surface area contributed by atoms with Gasteiger partial charge in [0.05, 0.1) is 15.7 Å². The summed E-state index contributed by atoms with van der Waals surface area (Å²) in [7, 11) is 0. The van der Waals surface area contributed by atoms with Crippen LogP contribution >= 0.6 is 11.3 Å². The summed E-state index contributed by atoms with van der Waals surface area (Å²) in [6, 6.07) is 3.94. The molecule has 3 aromatic rings. The molecule has 0 radical (unpaired) electrons. The first kappa shape index (κ1) is 6.14. The molecule has 58 valence electrons. The second kappa shape index (κ2) is 2.04. The summed E-state index contributed by atoms with van der Waals surface area (Å²) in [4.78, 5) is 4.19. The Morgan fingerprint density at radius 2 is 2.33 bits per heavy atom. The second-order valence-corrected chi connectivity index (χ2v) is 3.37. The third-order valence-electron chi connectivity index (χ3n) is 1.83. The molecular formula is C8H4N2OS. The summed E-state index contributed by atoms with van der Waals surface area (Å²) in [5.74, 6) is 0. The number of benzene rings is 1. The van der Waals surface area contributed by atoms with Crippen molar-refractivity contribution in [2.75, 3.05) is 0 Å². The van der Waals surface area contributed by atoms with E-state index in [1.807, 2.05) is 17.6 Å². The van der Waals surface area contributed by atoms with Crippen molar-refractivity contribution in [3.8, 4) is 0 Å². The molecule has 0 N–H and O–H groups in total. The summed E-state index contributed by atoms with van der Waals surface area (Å²) in [6.45, 7) is 0. The zero-order chi connectivity index (χ0) is 7.97. The molecule has 4 heteroatoms. The van der Waals surface area contributed by atoms with Gasteiger partial charge in [-0.15, -0.1) is 11.3 Å². The fourth-order valence-corrected chi connectivity index (χ4v) is 2.03. The zero-order valence-corrected chi connectivity index (χ0v) is 6.84. The average Bonchev–Trinajstić information content (AvgIpc) is 2.71. The Balaban J connectivity index is 2.71. The van der Waals surface area contributed by atoms with Crippen LogP contribution in [0.15, 0.2) is 28.4 Å². The maximum Gasteiger partial charge on any atom is 0.133 e. The van der Waals surface area contributed by atoms with Gasteiger partial charge in [0.2, 0.25) is 0 Å². The van der Waals surface area contributed by atoms with Crippen LogP contribution in [0.1, 0.15) is 0 Å². The quantitative estimate of drug-likeness (QED) is 0.528. The van der Waals surface area contributed by atoms with Gasteiger partial charge >= 0.3 is 0 Å². The molecule has 0 aliphatic carbocycles. The molecule has 0 aliphatic rings. The van der Waals surface area contributed by atoms with Crippen LogP contribution in [-0.4, -0.2) is 10.1 Å². The molecule has 0 atom stereocenters. The maximum atomic E-state index is 4.87. The molecule has 0 aliphatic heterocycles. The first-order chi connectivity index (χ1) is 5.95. The highest BCUT2D eigenvalue weighted by molar-refractivity contribution is 7.17. The smallest absolute Gasteiger partial charge is 0.133 e. The van der Waals surface area contributed by atoms with Gasteiger partial charge in [0.15, 0.2) is 0 Å². The lowest BCUT2D eigenvalue weighted by molar-refractivity contribution is 0.429. The van der Waals surface area contributed by atoms with Gasteiger partial charge in [-0.25, -0.2) is 4.98 Å². The first-order valence-electron chi connectivity index (χ1n) is 3.51. The number of aromatic nitrogens is 2. The van der Waals surface area contributed by atoms with Crippen LogP contribution in [0.2, 0.25) is 0 Å². The lowest BCUT2D eigenvalue weighted by atomic mass is 10.2. The predicted molar refractivity (Wildman–Crippen MR) is 47.2 cm³/mol. The van der Waals surface area contributed by atoms with Gasteiger partial charge in [0.1, 0.15) is 11.8 Å². The molecule has 0 saturated heterocycles. The van der Waals surface area contributed by atoms with Gasteiger partial charge in [-0.1, -0.05) is 5.16 Å². The molecule has 0 unspecified atom stereocenters. The van der Waals surface area contributed by atoms with Gasteiger partial charge in [-0.3, -0.25) is 0 Å². The van der Waals surface area contributed by atoms with Gasteiger partial charge in [-0.2, -0.15) is 0 Å². The number of hydrogen-bond acceptors (Lipinski definition) is 4. The highest BCUT2D eigenvalue weighted by Gasteiger charge is 2.04. The second-order valence-electron chi connectivity index (χ2n) is 2.52. The van der Waals surface area contributed by atoms with Gasteiger partial charge in [0, 0.05) is 5.39 Å². The molecule has 2 aromatic heterocycles. The van der Waals surface area contributed by atoms with E-state index in [9.17, 15) is 0 Å². The number of hydrogen-bond donors (Lipinski definition) is 0. The molecule has 3 nitrogen and oxygen atoms in total. The number of thiazole rings is 1. The van der Waals surface area contributed by atoms with Crippen LogP contribution in [0.25, 0.3) is 21.1 Å². The Labute approximate surface area is 71.6 Å². The topological polar surface area (TPSA) is 38.9 Å². The first-order valence-corrected chi connectivity index (χ1v) is 4.39. The van der Waals surface area contributed by atoms with E-state index in [0.29, 0.717) is 0 Å². The Morgan fingerprint density at radius 3 is 3.33 bits per heavy atom. The monoisotopic (exact) mass is 176 g/mol. The van der Waals surface area contributed by atoms with Crippen LogP contribution in [-0.2, 0) is 0 Å². The third kappa shape index (κ3) is 0.648. The molecule has 2 heterocycles. The normalized spacial score (nSPS) is 11.3. The zero-order valence-electron chi connectivity index (χ0n) is 6.02. The van der Waals surface area contributed by atoms with Crippen molar-refractivity contribution in [1.82, 2.24) is 10.1 Å². The molecular weight excluding hydrogens is 172 g/mol. The van der Waals surface area contributed by atoms with E-state index in [2.05, 4.69) is 10.1 Å². The average molecular weight is 176 g/mol. The standard InChI is InChI=1S/C8H4N2OS/c1-2-6-8(12-4-9-6)7-5(1)3-11-10-7/h1-4H. The van der Waals surface area contributed by atoms with Crippen LogP contribution in [0.3, 0.4) is 0 Å². The minimum Gasteiger partial charge on any atom is -0.363 e. The van der Waals surface area contributed by atoms with E-state index < -0.39 is 0 Å². The molecule has 0 bridgehead atoms. The van der Waals surface area contributed by atoms with Crippen molar-refractivity contribution in [3.05, 3.63) is 23.9 Å². The molecule has 0 amide bonds. The Hall–Kier alpha value is -1.42. The third-order valence-corrected chi connectivity index (χ3v) is 2.68. The molecule has 1 aromatic carbocycles. The van der Waals surface area contributed by atoms with Crippen molar-refractivity contribution in [2.45, 2.75) is 0 Å². The predicted octanol–water partition coefficient (Wildman–Crippen LogP) is 2.44. The van der Waals surface area contributed by atoms with Gasteiger partial charge < -0.3 is 4.52 Å². The van der Waals surface area contributed by atoms with Gasteiger partial charge in [-0.05, 0) is 12.1 Å². The van der Waals surface area contributed by atoms with Crippen LogP contribution in [0.4, 0.5) is 0 Å². The summed E-state index contributed by atoms with van der Waals surface area (Å²) in [5, 5.41) is 4.95. The summed E-state index contributed by atoms with van der Waals surface area (Å²) < 4.78 is 5.97. The highest BCUT2D eigenvalue weighted by Crippen LogP contribution is 2.26. The van der Waals surface area contributed by atoms with E-state index >= 15 is 0 Å². The van der Waals surface area contributed by atoms with E-state index in [1.54, 1.807) is 17.6 Å². The SMILES string of the molecule is c1nc2ccc3conc3c2s1. The fraction of sp³-hybridized carbons (Fsp3) is 0. The van der Waals surface area contributed by atoms with E-state index in [0.717, 1.165) is 21.1 Å². The van der Waals surface area contributed by atoms with Crippen molar-refractivity contribution in [1.29, 1.82) is 0 Å². The fourth-order valence-electron chi connectivity index (χ4n) is 1.25. The molecule has 3 rings (SSSR count). The molecule has 0 fully saturated rings. The largest absolute Gasteiger partial charge is 0.363 e. The Bertz CT molecular complexity index is 490. The van der Waals surface area contributed by atoms with Crippen molar-refractivity contribution < 1.29 is 4.52 Å². The van der Waals surface area contributed by atoms with Gasteiger partial charge in [0.25, 0.3) is 0 Å². The van der Waals surface area contributed by atoms with Crippen LogP contribution < -0.4 is 0 Å². The van der Waals surface area contributed by atoms with E-state index in [1.165, 1.54) is 0 Å². The van der Waals surface area contributed by atoms with Crippen LogP contribution in [0, 0.1) is 0 Å². The minimum absolute atomic E-state index is 0.912. The molecule has 0 saturated carbocycles. The number of fused-ring (bicyclic) bond motifs is 3. The minimum atomic E-state index is 0.912. The van der Waals surface area contributed by atoms with Crippen LogP contribution in [0.5, 0.6) is 0 Å². The maximum absolute atomic E-state index is 4.87.